The second-order valence-electron chi connectivity index (χ2n) is 10.0. The number of piperidine rings is 1. The maximum absolute atomic E-state index is 14.4. The summed E-state index contributed by atoms with van der Waals surface area (Å²) in [5.41, 5.74) is 5.75. The molecular weight excluding hydrogens is 484 g/mol. The predicted octanol–water partition coefficient (Wildman–Crippen LogP) is 2.48. The fourth-order valence-electron chi connectivity index (χ4n) is 5.13. The molecule has 2 aromatic rings. The van der Waals surface area contributed by atoms with Crippen molar-refractivity contribution in [1.29, 1.82) is 0 Å². The number of esters is 1. The molecule has 2 aliphatic rings. The van der Waals surface area contributed by atoms with E-state index in [1.165, 1.54) is 4.52 Å². The van der Waals surface area contributed by atoms with Gasteiger partial charge in [0, 0.05) is 45.8 Å². The van der Waals surface area contributed by atoms with E-state index in [9.17, 15) is 27.2 Å². The summed E-state index contributed by atoms with van der Waals surface area (Å²) in [6.07, 6.45) is 0.209. The number of imidazole rings is 1. The van der Waals surface area contributed by atoms with Crippen LogP contribution in [0.1, 0.15) is 49.5 Å². The molecule has 1 saturated heterocycles. The molecule has 13 heteroatoms. The minimum atomic E-state index is -3.31. The first kappa shape index (κ1) is 26.1. The Morgan fingerprint density at radius 3 is 2.56 bits per heavy atom. The molecule has 9 nitrogen and oxygen atoms in total. The van der Waals surface area contributed by atoms with E-state index < -0.39 is 54.6 Å². The van der Waals surface area contributed by atoms with Crippen LogP contribution >= 0.6 is 0 Å². The van der Waals surface area contributed by atoms with Gasteiger partial charge in [-0.1, -0.05) is 0 Å². The lowest BCUT2D eigenvalue weighted by Crippen LogP contribution is -2.59. The Bertz CT molecular complexity index is 1150. The number of nitrogens with zero attached hydrogens (tertiary/aromatic N) is 4. The van der Waals surface area contributed by atoms with Crippen LogP contribution in [0.25, 0.3) is 5.65 Å². The summed E-state index contributed by atoms with van der Waals surface area (Å²) < 4.78 is 62.1. The van der Waals surface area contributed by atoms with Crippen LogP contribution in [0.5, 0.6) is 0 Å². The number of carbonyl (C=O) groups excluding carboxylic acids is 2. The Kier molecular flexibility index (Phi) is 6.65. The Labute approximate surface area is 205 Å². The fourth-order valence-corrected chi connectivity index (χ4v) is 5.13. The lowest BCUT2D eigenvalue weighted by atomic mass is 9.74. The van der Waals surface area contributed by atoms with Gasteiger partial charge in [-0.2, -0.15) is 5.10 Å². The Morgan fingerprint density at radius 1 is 1.28 bits per heavy atom. The van der Waals surface area contributed by atoms with E-state index >= 15 is 0 Å². The summed E-state index contributed by atoms with van der Waals surface area (Å²) >= 11 is 0. The second kappa shape index (κ2) is 9.16. The van der Waals surface area contributed by atoms with Gasteiger partial charge in [0.2, 0.25) is 11.8 Å². The molecule has 3 heterocycles. The molecule has 2 aromatic heterocycles. The Hall–Kier alpha value is -2.96. The summed E-state index contributed by atoms with van der Waals surface area (Å²) in [4.78, 5) is 31.7. The molecular formula is C23H30F4N6O3. The molecule has 1 unspecified atom stereocenters. The number of carbonyl (C=O) groups is 2. The molecule has 4 rings (SSSR count). The molecule has 1 aliphatic carbocycles. The molecule has 2 fully saturated rings. The third kappa shape index (κ3) is 4.84. The van der Waals surface area contributed by atoms with Crippen LogP contribution in [-0.4, -0.2) is 66.1 Å². The quantitative estimate of drug-likeness (QED) is 0.346. The van der Waals surface area contributed by atoms with E-state index in [1.54, 1.807) is 31.3 Å². The SMILES string of the molecule is COC(=O)C1(Cc2nn3cc([C@@H](N)C4CCC(F)(F)CC4)nc3cc2N(C)C)CC(F)(F)CNC1=O. The van der Waals surface area contributed by atoms with E-state index in [0.717, 1.165) is 7.11 Å². The van der Waals surface area contributed by atoms with Gasteiger partial charge >= 0.3 is 5.97 Å². The van der Waals surface area contributed by atoms with Crippen molar-refractivity contribution in [3.8, 4) is 0 Å². The standard InChI is InChI=1S/C23H30F4N6O3/c1-32(2)16-8-17-30-15(18(28)13-4-6-22(24,25)7-5-13)10-33(17)31-14(16)9-21(20(35)36-3)11-23(26,27)12-29-19(21)34/h8,10,13,18H,4-7,9,11-12,28H2,1-3H3,(H,29,34)/t18-,21?/m0/s1. The lowest BCUT2D eigenvalue weighted by Gasteiger charge is -2.37. The summed E-state index contributed by atoms with van der Waals surface area (Å²) in [7, 11) is 4.45. The van der Waals surface area contributed by atoms with Gasteiger partial charge in [-0.05, 0) is 18.8 Å². The van der Waals surface area contributed by atoms with Gasteiger partial charge in [-0.15, -0.1) is 0 Å². The van der Waals surface area contributed by atoms with E-state index in [-0.39, 0.29) is 37.3 Å². The van der Waals surface area contributed by atoms with Crippen molar-refractivity contribution in [3.05, 3.63) is 23.7 Å². The molecule has 198 valence electrons. The number of rotatable bonds is 6. The fraction of sp³-hybridized carbons (Fsp3) is 0.652. The van der Waals surface area contributed by atoms with Gasteiger partial charge in [-0.25, -0.2) is 27.1 Å². The van der Waals surface area contributed by atoms with Crippen LogP contribution in [0.3, 0.4) is 0 Å². The van der Waals surface area contributed by atoms with Crippen molar-refractivity contribution in [2.45, 2.75) is 56.4 Å². The van der Waals surface area contributed by atoms with Crippen molar-refractivity contribution >= 4 is 23.2 Å². The number of alkyl halides is 4. The van der Waals surface area contributed by atoms with Gasteiger partial charge in [0.05, 0.1) is 43.0 Å². The summed E-state index contributed by atoms with van der Waals surface area (Å²) in [5, 5.41) is 6.64. The molecule has 36 heavy (non-hydrogen) atoms. The highest BCUT2D eigenvalue weighted by Gasteiger charge is 2.57. The van der Waals surface area contributed by atoms with Crippen molar-refractivity contribution in [3.63, 3.8) is 0 Å². The average molecular weight is 515 g/mol. The first-order valence-corrected chi connectivity index (χ1v) is 11.7. The highest BCUT2D eigenvalue weighted by Crippen LogP contribution is 2.42. The number of methoxy groups -OCH3 is 1. The molecule has 1 aliphatic heterocycles. The summed E-state index contributed by atoms with van der Waals surface area (Å²) in [6.45, 7) is -0.868. The number of nitrogens with two attached hydrogens (primary N) is 1. The normalized spacial score (nSPS) is 24.8. The number of hydrogen-bond donors (Lipinski definition) is 2. The van der Waals surface area contributed by atoms with Crippen LogP contribution < -0.4 is 16.0 Å². The zero-order chi connectivity index (χ0) is 26.5. The number of anilines is 1. The first-order valence-electron chi connectivity index (χ1n) is 11.7. The molecule has 3 N–H and O–H groups in total. The lowest BCUT2D eigenvalue weighted by molar-refractivity contribution is -0.172. The minimum Gasteiger partial charge on any atom is -0.468 e. The first-order chi connectivity index (χ1) is 16.8. The summed E-state index contributed by atoms with van der Waals surface area (Å²) in [6, 6.07) is 1.07. The third-order valence-electron chi connectivity index (χ3n) is 7.16. The number of halogens is 4. The van der Waals surface area contributed by atoms with Gasteiger partial charge in [0.1, 0.15) is 0 Å². The van der Waals surface area contributed by atoms with E-state index in [1.807, 2.05) is 0 Å². The molecule has 0 radical (unpaired) electrons. The topological polar surface area (TPSA) is 115 Å². The van der Waals surface area contributed by atoms with Gasteiger partial charge in [-0.3, -0.25) is 9.59 Å². The average Bonchev–Trinajstić information content (AvgIpc) is 3.22. The monoisotopic (exact) mass is 514 g/mol. The van der Waals surface area contributed by atoms with Crippen LogP contribution in [0, 0.1) is 11.3 Å². The van der Waals surface area contributed by atoms with Crippen LogP contribution in [0.2, 0.25) is 0 Å². The van der Waals surface area contributed by atoms with E-state index in [2.05, 4.69) is 15.4 Å². The summed E-state index contributed by atoms with van der Waals surface area (Å²) in [5.74, 6) is -8.08. The largest absolute Gasteiger partial charge is 0.468 e. The maximum Gasteiger partial charge on any atom is 0.322 e. The Balaban J connectivity index is 1.71. The molecule has 0 bridgehead atoms. The zero-order valence-electron chi connectivity index (χ0n) is 20.4. The van der Waals surface area contributed by atoms with E-state index in [0.29, 0.717) is 17.0 Å². The number of fused-ring (bicyclic) bond motifs is 1. The zero-order valence-corrected chi connectivity index (χ0v) is 20.4. The van der Waals surface area contributed by atoms with Gasteiger partial charge < -0.3 is 20.7 Å². The molecule has 0 aromatic carbocycles. The third-order valence-corrected chi connectivity index (χ3v) is 7.16. The highest BCUT2D eigenvalue weighted by atomic mass is 19.3. The van der Waals surface area contributed by atoms with Crippen LogP contribution in [-0.2, 0) is 20.7 Å². The number of amides is 1. The molecule has 0 spiro atoms. The van der Waals surface area contributed by atoms with Crippen molar-refractivity contribution < 1.29 is 31.9 Å². The Morgan fingerprint density at radius 2 is 1.94 bits per heavy atom. The number of hydrogen-bond acceptors (Lipinski definition) is 7. The number of aromatic nitrogens is 3. The predicted molar refractivity (Wildman–Crippen MR) is 122 cm³/mol. The number of nitrogens with one attached hydrogen (secondary N) is 1. The van der Waals surface area contributed by atoms with Crippen LogP contribution in [0.4, 0.5) is 23.2 Å². The molecule has 1 amide bonds. The van der Waals surface area contributed by atoms with Gasteiger partial charge in [0.15, 0.2) is 11.1 Å². The van der Waals surface area contributed by atoms with Crippen molar-refractivity contribution in [2.75, 3.05) is 32.6 Å². The second-order valence-corrected chi connectivity index (χ2v) is 10.0. The highest BCUT2D eigenvalue weighted by molar-refractivity contribution is 6.03. The molecule has 1 saturated carbocycles. The smallest absolute Gasteiger partial charge is 0.322 e. The van der Waals surface area contributed by atoms with Crippen LogP contribution in [0.15, 0.2) is 12.3 Å². The number of ether oxygens (including phenoxy) is 1. The van der Waals surface area contributed by atoms with Crippen molar-refractivity contribution in [2.24, 2.45) is 17.1 Å². The minimum absolute atomic E-state index is 0.168. The molecule has 2 atom stereocenters. The van der Waals surface area contributed by atoms with Crippen molar-refractivity contribution in [1.82, 2.24) is 19.9 Å². The maximum atomic E-state index is 14.4. The van der Waals surface area contributed by atoms with E-state index in [4.69, 9.17) is 10.5 Å². The van der Waals surface area contributed by atoms with Gasteiger partial charge in [0.25, 0.3) is 5.92 Å².